The van der Waals surface area contributed by atoms with Crippen molar-refractivity contribution in [2.45, 2.75) is 6.61 Å². The molecule has 0 atom stereocenters. The van der Waals surface area contributed by atoms with E-state index in [1.165, 1.54) is 29.8 Å². The average Bonchev–Trinajstić information content (AvgIpc) is 2.96. The van der Waals surface area contributed by atoms with Gasteiger partial charge in [-0.3, -0.25) is 4.57 Å². The predicted octanol–water partition coefficient (Wildman–Crippen LogP) is 1.40. The molecule has 0 fully saturated rings. The average molecular weight is 387 g/mol. The Balaban J connectivity index is 1.93. The summed E-state index contributed by atoms with van der Waals surface area (Å²) >= 11 is 5.97. The molecule has 1 aromatic heterocycles. The van der Waals surface area contributed by atoms with Gasteiger partial charge in [-0.15, -0.1) is 0 Å². The number of hydrogen-bond acceptors (Lipinski definition) is 5. The fraction of sp³-hybridized carbons (Fsp3) is 0.118. The predicted molar refractivity (Wildman–Crippen MR) is 99.0 cm³/mol. The Bertz CT molecular complexity index is 1110. The van der Waals surface area contributed by atoms with E-state index in [0.29, 0.717) is 11.3 Å². The maximum absolute atomic E-state index is 14.7. The Morgan fingerprint density at radius 1 is 1.41 bits per heavy atom. The summed E-state index contributed by atoms with van der Waals surface area (Å²) in [5, 5.41) is 15.5. The third kappa shape index (κ3) is 3.96. The molecule has 0 radical (unpaired) electrons. The fourth-order valence-electron chi connectivity index (χ4n) is 2.30. The Morgan fingerprint density at radius 3 is 2.85 bits per heavy atom. The van der Waals surface area contributed by atoms with Gasteiger partial charge in [0.05, 0.1) is 11.6 Å². The number of hydrogen-bond donors (Lipinski definition) is 1. The molecule has 1 N–H and O–H groups in total. The van der Waals surface area contributed by atoms with Gasteiger partial charge in [0.15, 0.2) is 17.4 Å². The van der Waals surface area contributed by atoms with Crippen molar-refractivity contribution in [3.05, 3.63) is 63.0 Å². The molecule has 3 aromatic rings. The molecule has 0 aliphatic heterocycles. The highest BCUT2D eigenvalue weighted by Gasteiger charge is 2.17. The lowest BCUT2D eigenvalue weighted by molar-refractivity contribution is 0.274. The second kappa shape index (κ2) is 7.56. The highest BCUT2D eigenvalue weighted by molar-refractivity contribution is 6.32. The number of benzene rings is 2. The Kier molecular flexibility index (Phi) is 5.19. The van der Waals surface area contributed by atoms with Gasteiger partial charge in [0.1, 0.15) is 20.2 Å². The smallest absolute Gasteiger partial charge is 0.343 e. The largest absolute Gasteiger partial charge is 0.482 e. The number of H-pyrrole nitrogens is 1. The molecule has 0 saturated heterocycles. The number of nitriles is 1. The summed E-state index contributed by atoms with van der Waals surface area (Å²) in [7, 11) is 3.12. The molecule has 3 rings (SSSR count). The molecule has 0 unspecified atom stereocenters. The van der Waals surface area contributed by atoms with E-state index in [1.807, 2.05) is 6.07 Å². The van der Waals surface area contributed by atoms with Crippen LogP contribution in [-0.2, 0) is 13.7 Å². The molecule has 0 aliphatic rings. The van der Waals surface area contributed by atoms with Gasteiger partial charge in [-0.1, -0.05) is 17.7 Å². The second-order valence-corrected chi connectivity index (χ2v) is 6.14. The number of ether oxygens (including phenoxy) is 2. The standard InChI is InChI=1S/C17H13BClFN4O3/c1-24-14(22-23-17(24)25)8-26-13-3-2-12(18)15(20)16(13)27-11-5-9(7-21)4-10(19)6-11/h2-6H,8,18H2,1H3,(H,23,25). The van der Waals surface area contributed by atoms with Crippen LogP contribution in [0.25, 0.3) is 0 Å². The number of aromatic nitrogens is 3. The van der Waals surface area contributed by atoms with Crippen LogP contribution >= 0.6 is 11.6 Å². The van der Waals surface area contributed by atoms with Crippen molar-refractivity contribution < 1.29 is 13.9 Å². The quantitative estimate of drug-likeness (QED) is 0.669. The second-order valence-electron chi connectivity index (χ2n) is 5.71. The molecular formula is C17H13BClFN4O3. The number of rotatable bonds is 5. The SMILES string of the molecule is Bc1ccc(OCc2n[nH]c(=O)n2C)c(Oc2cc(Cl)cc(C#N)c2)c1F. The van der Waals surface area contributed by atoms with Crippen LogP contribution in [0.3, 0.4) is 0 Å². The van der Waals surface area contributed by atoms with Crippen LogP contribution < -0.4 is 20.6 Å². The lowest BCUT2D eigenvalue weighted by Crippen LogP contribution is -2.16. The highest BCUT2D eigenvalue weighted by Crippen LogP contribution is 2.35. The first-order valence-corrected chi connectivity index (χ1v) is 8.17. The van der Waals surface area contributed by atoms with E-state index in [1.54, 1.807) is 20.0 Å². The van der Waals surface area contributed by atoms with Crippen molar-refractivity contribution in [2.24, 2.45) is 7.05 Å². The van der Waals surface area contributed by atoms with E-state index >= 15 is 0 Å². The molecule has 0 amide bonds. The van der Waals surface area contributed by atoms with Gasteiger partial charge in [-0.2, -0.15) is 10.4 Å². The van der Waals surface area contributed by atoms with E-state index < -0.39 is 5.82 Å². The number of nitrogens with zero attached hydrogens (tertiary/aromatic N) is 3. The van der Waals surface area contributed by atoms with Crippen LogP contribution in [0.4, 0.5) is 4.39 Å². The van der Waals surface area contributed by atoms with Gasteiger partial charge in [0.2, 0.25) is 5.75 Å². The molecule has 2 aromatic carbocycles. The molecule has 7 nitrogen and oxygen atoms in total. The summed E-state index contributed by atoms with van der Waals surface area (Å²) in [5.74, 6) is -0.113. The van der Waals surface area contributed by atoms with Gasteiger partial charge in [-0.25, -0.2) is 14.3 Å². The zero-order valence-corrected chi connectivity index (χ0v) is 15.2. The minimum atomic E-state index is -0.609. The van der Waals surface area contributed by atoms with Gasteiger partial charge < -0.3 is 9.47 Å². The van der Waals surface area contributed by atoms with Crippen LogP contribution in [-0.4, -0.2) is 22.6 Å². The zero-order valence-electron chi connectivity index (χ0n) is 14.4. The summed E-state index contributed by atoms with van der Waals surface area (Å²) < 4.78 is 27.2. The first kappa shape index (κ1) is 18.5. The lowest BCUT2D eigenvalue weighted by Gasteiger charge is -2.14. The molecular weight excluding hydrogens is 373 g/mol. The molecule has 27 heavy (non-hydrogen) atoms. The maximum atomic E-state index is 14.7. The van der Waals surface area contributed by atoms with Crippen molar-refractivity contribution in [3.63, 3.8) is 0 Å². The summed E-state index contributed by atoms with van der Waals surface area (Å²) in [6.07, 6.45) is 0. The van der Waals surface area contributed by atoms with Gasteiger partial charge in [0, 0.05) is 12.1 Å². The van der Waals surface area contributed by atoms with Crippen LogP contribution in [0, 0.1) is 17.1 Å². The van der Waals surface area contributed by atoms with Gasteiger partial charge in [0.25, 0.3) is 0 Å². The number of halogens is 2. The molecule has 0 aliphatic carbocycles. The van der Waals surface area contributed by atoms with E-state index in [9.17, 15) is 9.18 Å². The van der Waals surface area contributed by atoms with E-state index in [0.717, 1.165) is 0 Å². The summed E-state index contributed by atoms with van der Waals surface area (Å²) in [4.78, 5) is 11.4. The monoisotopic (exact) mass is 386 g/mol. The molecule has 136 valence electrons. The highest BCUT2D eigenvalue weighted by atomic mass is 35.5. The molecule has 10 heteroatoms. The Hall–Kier alpha value is -3.25. The Labute approximate surface area is 159 Å². The van der Waals surface area contributed by atoms with Gasteiger partial charge >= 0.3 is 5.69 Å². The van der Waals surface area contributed by atoms with Crippen molar-refractivity contribution in [1.29, 1.82) is 5.26 Å². The van der Waals surface area contributed by atoms with Crippen molar-refractivity contribution in [3.8, 4) is 23.3 Å². The van der Waals surface area contributed by atoms with Crippen molar-refractivity contribution in [2.75, 3.05) is 0 Å². The third-order valence-electron chi connectivity index (χ3n) is 3.80. The van der Waals surface area contributed by atoms with Crippen molar-refractivity contribution >= 4 is 24.9 Å². The zero-order chi connectivity index (χ0) is 19.6. The lowest BCUT2D eigenvalue weighted by atomic mass is 9.95. The minimum Gasteiger partial charge on any atom is -0.482 e. The van der Waals surface area contributed by atoms with Crippen molar-refractivity contribution in [1.82, 2.24) is 14.8 Å². The maximum Gasteiger partial charge on any atom is 0.343 e. The molecule has 0 bridgehead atoms. The molecule has 0 spiro atoms. The molecule has 0 saturated carbocycles. The summed E-state index contributed by atoms with van der Waals surface area (Å²) in [5.41, 5.74) is 0.245. The minimum absolute atomic E-state index is 0.0763. The third-order valence-corrected chi connectivity index (χ3v) is 4.02. The van der Waals surface area contributed by atoms with Gasteiger partial charge in [-0.05, 0) is 29.7 Å². The first-order chi connectivity index (χ1) is 12.9. The van der Waals surface area contributed by atoms with Crippen LogP contribution in [0.5, 0.6) is 17.2 Å². The van der Waals surface area contributed by atoms with Crippen LogP contribution in [0.1, 0.15) is 11.4 Å². The number of nitrogens with one attached hydrogen (secondary N) is 1. The summed E-state index contributed by atoms with van der Waals surface area (Å²) in [6.45, 7) is -0.0763. The normalized spacial score (nSPS) is 10.4. The first-order valence-electron chi connectivity index (χ1n) is 7.79. The van der Waals surface area contributed by atoms with E-state index in [-0.39, 0.29) is 40.1 Å². The van der Waals surface area contributed by atoms with Crippen LogP contribution in [0.15, 0.2) is 35.1 Å². The summed E-state index contributed by atoms with van der Waals surface area (Å²) in [6, 6.07) is 9.42. The van der Waals surface area contributed by atoms with E-state index in [4.69, 9.17) is 26.3 Å². The fourth-order valence-corrected chi connectivity index (χ4v) is 2.53. The van der Waals surface area contributed by atoms with E-state index in [2.05, 4.69) is 10.2 Å². The molecule has 1 heterocycles. The topological polar surface area (TPSA) is 92.9 Å². The van der Waals surface area contributed by atoms with Crippen LogP contribution in [0.2, 0.25) is 5.02 Å². The number of aromatic amines is 1. The Morgan fingerprint density at radius 2 is 2.19 bits per heavy atom.